The Labute approximate surface area is 201 Å². The summed E-state index contributed by atoms with van der Waals surface area (Å²) in [4.78, 5) is 13.6. The van der Waals surface area contributed by atoms with Crippen LogP contribution in [0.15, 0.2) is 47.6 Å². The third-order valence-electron chi connectivity index (χ3n) is 6.34. The molecule has 166 valence electrons. The van der Waals surface area contributed by atoms with Crippen LogP contribution in [-0.2, 0) is 0 Å². The van der Waals surface area contributed by atoms with Crippen molar-refractivity contribution in [3.05, 3.63) is 75.0 Å². The van der Waals surface area contributed by atoms with E-state index in [1.807, 2.05) is 48.0 Å². The summed E-state index contributed by atoms with van der Waals surface area (Å²) in [6.07, 6.45) is 5.90. The Morgan fingerprint density at radius 3 is 2.56 bits per heavy atom. The summed E-state index contributed by atoms with van der Waals surface area (Å²) in [6.45, 7) is 2.01. The van der Waals surface area contributed by atoms with E-state index in [1.165, 1.54) is 31.0 Å². The van der Waals surface area contributed by atoms with E-state index in [4.69, 9.17) is 23.2 Å². The first-order chi connectivity index (χ1) is 15.5. The summed E-state index contributed by atoms with van der Waals surface area (Å²) in [5.74, 6) is 1.34. The number of carbonyl (C=O) groups is 1. The van der Waals surface area contributed by atoms with Crippen molar-refractivity contribution < 1.29 is 4.79 Å². The van der Waals surface area contributed by atoms with Gasteiger partial charge in [0.15, 0.2) is 11.6 Å². The van der Waals surface area contributed by atoms with Gasteiger partial charge in [-0.15, -0.1) is 10.2 Å². The maximum absolute atomic E-state index is 13.6. The lowest BCUT2D eigenvalue weighted by Gasteiger charge is -2.34. The van der Waals surface area contributed by atoms with E-state index in [2.05, 4.69) is 15.6 Å². The van der Waals surface area contributed by atoms with Crippen molar-refractivity contribution >= 4 is 40.7 Å². The summed E-state index contributed by atoms with van der Waals surface area (Å²) in [5, 5.41) is 10.2. The van der Waals surface area contributed by atoms with Crippen LogP contribution in [0.2, 0.25) is 10.0 Å². The number of aryl methyl sites for hydroxylation is 1. The molecule has 1 aliphatic carbocycles. The summed E-state index contributed by atoms with van der Waals surface area (Å²) in [7, 11) is 0. The third-order valence-corrected chi connectivity index (χ3v) is 8.39. The second-order valence-corrected chi connectivity index (χ2v) is 10.4. The van der Waals surface area contributed by atoms with Gasteiger partial charge in [0, 0.05) is 11.5 Å². The lowest BCUT2D eigenvalue weighted by Crippen LogP contribution is -2.40. The van der Waals surface area contributed by atoms with E-state index >= 15 is 0 Å². The molecule has 1 saturated carbocycles. The van der Waals surface area contributed by atoms with Crippen molar-refractivity contribution in [3.63, 3.8) is 0 Å². The molecule has 0 saturated heterocycles. The summed E-state index contributed by atoms with van der Waals surface area (Å²) in [6, 6.07) is 12.9. The number of rotatable bonds is 4. The fourth-order valence-electron chi connectivity index (χ4n) is 4.57. The Balaban J connectivity index is 1.56. The SMILES string of the molecule is Cc1ccc(C(=O)[C@H]2Sc3nnc(C4CCCCC4)n3N[C@H]2c2cccc(Cl)c2Cl)cc1. The monoisotopic (exact) mass is 486 g/mol. The van der Waals surface area contributed by atoms with E-state index in [1.54, 1.807) is 6.07 Å². The number of Topliss-reactive ketones (excluding diaryl/α,β-unsaturated/α-hetero) is 1. The number of hydrogen-bond donors (Lipinski definition) is 1. The minimum absolute atomic E-state index is 0.0250. The molecule has 2 atom stereocenters. The number of hydrogen-bond acceptors (Lipinski definition) is 5. The van der Waals surface area contributed by atoms with Crippen LogP contribution < -0.4 is 5.43 Å². The molecule has 0 bridgehead atoms. The molecule has 0 amide bonds. The van der Waals surface area contributed by atoms with Crippen molar-refractivity contribution in [2.24, 2.45) is 0 Å². The fourth-order valence-corrected chi connectivity index (χ4v) is 6.15. The first kappa shape index (κ1) is 21.8. The van der Waals surface area contributed by atoms with Crippen LogP contribution in [-0.4, -0.2) is 25.9 Å². The molecule has 5 nitrogen and oxygen atoms in total. The Morgan fingerprint density at radius 2 is 1.81 bits per heavy atom. The van der Waals surface area contributed by atoms with Gasteiger partial charge in [-0.3, -0.25) is 4.79 Å². The van der Waals surface area contributed by atoms with Gasteiger partial charge in [0.1, 0.15) is 5.25 Å². The minimum atomic E-state index is -0.454. The highest BCUT2D eigenvalue weighted by Gasteiger charge is 2.40. The normalized spacial score (nSPS) is 21.1. The van der Waals surface area contributed by atoms with Crippen molar-refractivity contribution in [2.75, 3.05) is 5.43 Å². The largest absolute Gasteiger partial charge is 0.313 e. The number of nitrogens with zero attached hydrogens (tertiary/aromatic N) is 3. The van der Waals surface area contributed by atoms with Crippen LogP contribution in [0.25, 0.3) is 0 Å². The summed E-state index contributed by atoms with van der Waals surface area (Å²) < 4.78 is 1.97. The van der Waals surface area contributed by atoms with Gasteiger partial charge in [-0.2, -0.15) is 0 Å². The van der Waals surface area contributed by atoms with Gasteiger partial charge in [-0.25, -0.2) is 4.68 Å². The lowest BCUT2D eigenvalue weighted by atomic mass is 9.89. The molecule has 32 heavy (non-hydrogen) atoms. The molecule has 2 aromatic carbocycles. The van der Waals surface area contributed by atoms with Crippen LogP contribution in [0.1, 0.15) is 71.4 Å². The number of nitrogens with one attached hydrogen (secondary N) is 1. The highest BCUT2D eigenvalue weighted by molar-refractivity contribution is 8.00. The van der Waals surface area contributed by atoms with Crippen molar-refractivity contribution in [3.8, 4) is 0 Å². The molecule has 1 aliphatic heterocycles. The number of ketones is 1. The van der Waals surface area contributed by atoms with Gasteiger partial charge in [-0.05, 0) is 31.4 Å². The molecule has 1 N–H and O–H groups in total. The molecule has 1 fully saturated rings. The van der Waals surface area contributed by atoms with Gasteiger partial charge in [-0.1, -0.05) is 96.2 Å². The topological polar surface area (TPSA) is 59.8 Å². The first-order valence-corrected chi connectivity index (χ1v) is 12.6. The van der Waals surface area contributed by atoms with Gasteiger partial charge >= 0.3 is 0 Å². The molecular formula is C24H24Cl2N4OS. The molecule has 5 rings (SSSR count). The van der Waals surface area contributed by atoms with E-state index in [0.29, 0.717) is 26.7 Å². The molecule has 8 heteroatoms. The summed E-state index contributed by atoms with van der Waals surface area (Å²) in [5.41, 5.74) is 6.12. The second kappa shape index (κ2) is 9.08. The van der Waals surface area contributed by atoms with Crippen LogP contribution in [0, 0.1) is 6.92 Å². The van der Waals surface area contributed by atoms with Crippen LogP contribution >= 0.6 is 35.0 Å². The molecule has 0 spiro atoms. The van der Waals surface area contributed by atoms with Crippen LogP contribution in [0.3, 0.4) is 0 Å². The molecule has 0 unspecified atom stereocenters. The van der Waals surface area contributed by atoms with Crippen molar-refractivity contribution in [1.29, 1.82) is 0 Å². The maximum atomic E-state index is 13.6. The van der Waals surface area contributed by atoms with Crippen molar-refractivity contribution in [2.45, 2.75) is 61.4 Å². The average Bonchev–Trinajstić information content (AvgIpc) is 3.24. The van der Waals surface area contributed by atoms with Crippen LogP contribution in [0.5, 0.6) is 0 Å². The predicted octanol–water partition coefficient (Wildman–Crippen LogP) is 6.58. The molecule has 2 aliphatic rings. The highest BCUT2D eigenvalue weighted by atomic mass is 35.5. The lowest BCUT2D eigenvalue weighted by molar-refractivity contribution is 0.0980. The van der Waals surface area contributed by atoms with Gasteiger partial charge < -0.3 is 5.43 Å². The molecule has 2 heterocycles. The van der Waals surface area contributed by atoms with E-state index in [9.17, 15) is 4.79 Å². The molecule has 1 aromatic heterocycles. The predicted molar refractivity (Wildman–Crippen MR) is 130 cm³/mol. The maximum Gasteiger partial charge on any atom is 0.210 e. The third kappa shape index (κ3) is 4.04. The number of aromatic nitrogens is 3. The van der Waals surface area contributed by atoms with Crippen molar-refractivity contribution in [1.82, 2.24) is 14.9 Å². The average molecular weight is 487 g/mol. The summed E-state index contributed by atoms with van der Waals surface area (Å²) >= 11 is 14.4. The van der Waals surface area contributed by atoms with Gasteiger partial charge in [0.05, 0.1) is 16.1 Å². The molecule has 0 radical (unpaired) electrons. The van der Waals surface area contributed by atoms with Crippen LogP contribution in [0.4, 0.5) is 0 Å². The van der Waals surface area contributed by atoms with E-state index in [0.717, 1.165) is 29.8 Å². The number of fused-ring (bicyclic) bond motifs is 1. The quantitative estimate of drug-likeness (QED) is 0.421. The number of halogens is 2. The number of thioether (sulfide) groups is 1. The minimum Gasteiger partial charge on any atom is -0.313 e. The first-order valence-electron chi connectivity index (χ1n) is 11.0. The zero-order valence-electron chi connectivity index (χ0n) is 17.7. The van der Waals surface area contributed by atoms with Gasteiger partial charge in [0.25, 0.3) is 0 Å². The number of benzene rings is 2. The van der Waals surface area contributed by atoms with E-state index < -0.39 is 5.25 Å². The Hall–Kier alpha value is -2.02. The highest BCUT2D eigenvalue weighted by Crippen LogP contribution is 2.43. The Bertz CT molecular complexity index is 1140. The van der Waals surface area contributed by atoms with E-state index in [-0.39, 0.29) is 11.8 Å². The standard InChI is InChI=1S/C24H24Cl2N4OS/c1-14-10-12-15(13-11-14)21(31)22-20(17-8-5-9-18(25)19(17)26)29-30-23(27-28-24(30)32-22)16-6-3-2-4-7-16/h5,8-13,16,20,22,29H,2-4,6-7H2,1H3/t20-,22-/m0/s1. The van der Waals surface area contributed by atoms with Gasteiger partial charge in [0.2, 0.25) is 5.16 Å². The number of carbonyl (C=O) groups excluding carboxylic acids is 1. The zero-order valence-corrected chi connectivity index (χ0v) is 20.1. The molecule has 3 aromatic rings. The second-order valence-electron chi connectivity index (χ2n) is 8.53. The fraction of sp³-hybridized carbons (Fsp3) is 0.375. The Kier molecular flexibility index (Phi) is 6.19. The molecular weight excluding hydrogens is 463 g/mol. The zero-order chi connectivity index (χ0) is 22.2. The smallest absolute Gasteiger partial charge is 0.210 e. The Morgan fingerprint density at radius 1 is 1.06 bits per heavy atom.